The highest BCUT2D eigenvalue weighted by Crippen LogP contribution is 2.22. The number of carbonyl (C=O) groups excluding carboxylic acids is 1. The lowest BCUT2D eigenvalue weighted by Crippen LogP contribution is -2.54. The lowest BCUT2D eigenvalue weighted by atomic mass is 10.0. The van der Waals surface area contributed by atoms with Crippen LogP contribution in [0.25, 0.3) is 0 Å². The normalized spacial score (nSPS) is 21.5. The molecule has 7 heteroatoms. The summed E-state index contributed by atoms with van der Waals surface area (Å²) in [6, 6.07) is 12.9. The molecule has 2 saturated heterocycles. The monoisotopic (exact) mass is 387 g/mol. The molecule has 0 aromatic heterocycles. The minimum atomic E-state index is -0.279. The Morgan fingerprint density at radius 1 is 1.33 bits per heavy atom. The Labute approximate surface area is 166 Å². The molecular weight excluding hydrogens is 358 g/mol. The molecule has 1 aromatic carbocycles. The Bertz CT molecular complexity index is 642. The third kappa shape index (κ3) is 5.45. The van der Waals surface area contributed by atoms with E-state index in [1.54, 1.807) is 16.7 Å². The van der Waals surface area contributed by atoms with Gasteiger partial charge < -0.3 is 4.90 Å². The van der Waals surface area contributed by atoms with Gasteiger partial charge in [0.25, 0.3) is 0 Å². The topological polar surface area (TPSA) is 62.6 Å². The van der Waals surface area contributed by atoms with E-state index in [9.17, 15) is 10.1 Å². The molecule has 2 aliphatic rings. The highest BCUT2D eigenvalue weighted by molar-refractivity contribution is 7.99. The van der Waals surface area contributed by atoms with Crippen molar-refractivity contribution in [2.24, 2.45) is 0 Å². The number of piperidine rings is 1. The maximum Gasteiger partial charge on any atom is 0.240 e. The van der Waals surface area contributed by atoms with Crippen LogP contribution in [0.2, 0.25) is 0 Å². The van der Waals surface area contributed by atoms with Crippen molar-refractivity contribution in [1.29, 1.82) is 5.26 Å². The maximum atomic E-state index is 12.7. The molecule has 1 N–H and O–H groups in total. The molecule has 3 rings (SSSR count). The molecule has 0 bridgehead atoms. The van der Waals surface area contributed by atoms with Crippen LogP contribution < -0.4 is 5.43 Å². The summed E-state index contributed by atoms with van der Waals surface area (Å²) in [5.41, 5.74) is 4.73. The quantitative estimate of drug-likeness (QED) is 0.721. The van der Waals surface area contributed by atoms with Gasteiger partial charge in [-0.25, -0.2) is 5.01 Å². The van der Waals surface area contributed by atoms with Gasteiger partial charge in [0.1, 0.15) is 6.04 Å². The lowest BCUT2D eigenvalue weighted by Gasteiger charge is -2.38. The first-order chi connectivity index (χ1) is 13.2. The summed E-state index contributed by atoms with van der Waals surface area (Å²) in [6.07, 6.45) is 2.09. The van der Waals surface area contributed by atoms with Crippen LogP contribution in [0.4, 0.5) is 0 Å². The predicted octanol–water partition coefficient (Wildman–Crippen LogP) is 1.90. The molecule has 0 saturated carbocycles. The summed E-state index contributed by atoms with van der Waals surface area (Å²) in [5.74, 6) is 1.41. The van der Waals surface area contributed by atoms with Crippen LogP contribution >= 0.6 is 11.8 Å². The molecule has 0 aliphatic carbocycles. The largest absolute Gasteiger partial charge is 0.315 e. The summed E-state index contributed by atoms with van der Waals surface area (Å²) < 4.78 is 0. The van der Waals surface area contributed by atoms with Gasteiger partial charge in [0.2, 0.25) is 5.91 Å². The second kappa shape index (κ2) is 10.1. The molecular formula is C20H29N5OS. The van der Waals surface area contributed by atoms with Gasteiger partial charge in [-0.2, -0.15) is 5.26 Å². The van der Waals surface area contributed by atoms with Crippen molar-refractivity contribution >= 4 is 17.7 Å². The number of likely N-dealkylation sites (tertiary alicyclic amines) is 1. The van der Waals surface area contributed by atoms with E-state index in [0.29, 0.717) is 18.5 Å². The predicted molar refractivity (Wildman–Crippen MR) is 109 cm³/mol. The summed E-state index contributed by atoms with van der Waals surface area (Å²) in [7, 11) is 0. The van der Waals surface area contributed by atoms with Gasteiger partial charge in [0.05, 0.1) is 18.5 Å². The first kappa shape index (κ1) is 20.2. The lowest BCUT2D eigenvalue weighted by molar-refractivity contribution is -0.134. The molecule has 1 unspecified atom stereocenters. The van der Waals surface area contributed by atoms with Gasteiger partial charge in [-0.3, -0.25) is 15.1 Å². The Hall–Kier alpha value is -1.59. The number of hydrazine groups is 1. The standard InChI is InChI=1S/C20H29N5OS/c1-2-22-25(14-20(26)24-16-27-15-19(24)12-21)18-8-10-23(11-9-18)13-17-6-4-3-5-7-17/h3-7,18-19,22H,2,8-11,13-16H2,1H3. The fraction of sp³-hybridized carbons (Fsp3) is 0.600. The Kier molecular flexibility index (Phi) is 7.53. The maximum absolute atomic E-state index is 12.7. The number of nitrogens with zero attached hydrogens (tertiary/aromatic N) is 4. The van der Waals surface area contributed by atoms with Gasteiger partial charge in [0.15, 0.2) is 0 Å². The molecule has 1 aromatic rings. The molecule has 1 atom stereocenters. The Morgan fingerprint density at radius 2 is 2.07 bits per heavy atom. The number of rotatable bonds is 7. The van der Waals surface area contributed by atoms with Crippen LogP contribution in [-0.2, 0) is 11.3 Å². The number of thioether (sulfide) groups is 1. The number of hydrogen-bond donors (Lipinski definition) is 1. The second-order valence-corrected chi connectivity index (χ2v) is 8.14. The van der Waals surface area contributed by atoms with Gasteiger partial charge in [0, 0.05) is 38.0 Å². The van der Waals surface area contributed by atoms with E-state index in [1.807, 2.05) is 0 Å². The van der Waals surface area contributed by atoms with Crippen LogP contribution in [0.5, 0.6) is 0 Å². The molecule has 2 fully saturated rings. The van der Waals surface area contributed by atoms with E-state index in [0.717, 1.165) is 44.8 Å². The van der Waals surface area contributed by atoms with Crippen molar-refractivity contribution in [3.05, 3.63) is 35.9 Å². The molecule has 2 aliphatic heterocycles. The van der Waals surface area contributed by atoms with Gasteiger partial charge in [-0.15, -0.1) is 11.8 Å². The van der Waals surface area contributed by atoms with Crippen molar-refractivity contribution in [1.82, 2.24) is 20.2 Å². The van der Waals surface area contributed by atoms with E-state index in [1.165, 1.54) is 5.56 Å². The summed E-state index contributed by atoms with van der Waals surface area (Å²) in [5, 5.41) is 11.3. The van der Waals surface area contributed by atoms with Crippen LogP contribution in [-0.4, -0.2) is 70.6 Å². The smallest absolute Gasteiger partial charge is 0.240 e. The zero-order chi connectivity index (χ0) is 19.1. The highest BCUT2D eigenvalue weighted by Gasteiger charge is 2.32. The highest BCUT2D eigenvalue weighted by atomic mass is 32.2. The third-order valence-corrected chi connectivity index (χ3v) is 6.28. The van der Waals surface area contributed by atoms with Crippen molar-refractivity contribution < 1.29 is 4.79 Å². The van der Waals surface area contributed by atoms with Gasteiger partial charge >= 0.3 is 0 Å². The fourth-order valence-electron chi connectivity index (χ4n) is 3.78. The number of hydrogen-bond acceptors (Lipinski definition) is 6. The molecule has 1 amide bonds. The third-order valence-electron chi connectivity index (χ3n) is 5.27. The van der Waals surface area contributed by atoms with Crippen LogP contribution in [0.3, 0.4) is 0 Å². The van der Waals surface area contributed by atoms with Crippen LogP contribution in [0, 0.1) is 11.3 Å². The van der Waals surface area contributed by atoms with E-state index in [2.05, 4.69) is 58.7 Å². The molecule has 0 spiro atoms. The Balaban J connectivity index is 1.52. The molecule has 0 radical (unpaired) electrons. The SMILES string of the molecule is CCNN(CC(=O)N1CSCC1C#N)C1CCN(Cc2ccccc2)CC1. The molecule has 27 heavy (non-hydrogen) atoms. The van der Waals surface area contributed by atoms with Crippen molar-refractivity contribution in [2.45, 2.75) is 38.4 Å². The molecule has 146 valence electrons. The van der Waals surface area contributed by atoms with Crippen molar-refractivity contribution in [3.8, 4) is 6.07 Å². The zero-order valence-electron chi connectivity index (χ0n) is 16.0. The van der Waals surface area contributed by atoms with E-state index in [4.69, 9.17) is 0 Å². The second-order valence-electron chi connectivity index (χ2n) is 7.14. The number of nitriles is 1. The summed E-state index contributed by atoms with van der Waals surface area (Å²) >= 11 is 1.66. The first-order valence-corrected chi connectivity index (χ1v) is 10.9. The number of amides is 1. The van der Waals surface area contributed by atoms with Crippen molar-refractivity contribution in [2.75, 3.05) is 37.8 Å². The van der Waals surface area contributed by atoms with Gasteiger partial charge in [-0.05, 0) is 18.4 Å². The minimum Gasteiger partial charge on any atom is -0.315 e. The minimum absolute atomic E-state index is 0.0548. The zero-order valence-corrected chi connectivity index (χ0v) is 16.8. The fourth-order valence-corrected chi connectivity index (χ4v) is 4.88. The summed E-state index contributed by atoms with van der Waals surface area (Å²) in [6.45, 7) is 6.27. The van der Waals surface area contributed by atoms with Crippen LogP contribution in [0.1, 0.15) is 25.3 Å². The van der Waals surface area contributed by atoms with Gasteiger partial charge in [-0.1, -0.05) is 37.3 Å². The van der Waals surface area contributed by atoms with E-state index < -0.39 is 0 Å². The van der Waals surface area contributed by atoms with Crippen LogP contribution in [0.15, 0.2) is 30.3 Å². The number of benzene rings is 1. The average molecular weight is 388 g/mol. The first-order valence-electron chi connectivity index (χ1n) is 9.74. The van der Waals surface area contributed by atoms with Crippen molar-refractivity contribution in [3.63, 3.8) is 0 Å². The molecule has 2 heterocycles. The number of nitrogens with one attached hydrogen (secondary N) is 1. The van der Waals surface area contributed by atoms with E-state index >= 15 is 0 Å². The Morgan fingerprint density at radius 3 is 2.74 bits per heavy atom. The number of carbonyl (C=O) groups is 1. The molecule has 6 nitrogen and oxygen atoms in total. The summed E-state index contributed by atoms with van der Waals surface area (Å²) in [4.78, 5) is 16.9. The van der Waals surface area contributed by atoms with E-state index in [-0.39, 0.29) is 11.9 Å². The average Bonchev–Trinajstić information content (AvgIpc) is 3.18.